The van der Waals surface area contributed by atoms with Gasteiger partial charge in [0.05, 0.1) is 17.5 Å². The SMILES string of the molecule is CCc1occc1C(=O)Nc1ccccc1OCCN. The second kappa shape index (κ2) is 6.77. The summed E-state index contributed by atoms with van der Waals surface area (Å²) in [5.41, 5.74) is 6.58. The number of carbonyl (C=O) groups is 1. The van der Waals surface area contributed by atoms with E-state index in [1.165, 1.54) is 6.26 Å². The van der Waals surface area contributed by atoms with E-state index in [9.17, 15) is 4.79 Å². The highest BCUT2D eigenvalue weighted by molar-refractivity contribution is 6.05. The normalized spacial score (nSPS) is 10.3. The van der Waals surface area contributed by atoms with Gasteiger partial charge in [0.1, 0.15) is 18.1 Å². The molecule has 3 N–H and O–H groups in total. The smallest absolute Gasteiger partial charge is 0.259 e. The Morgan fingerprint density at radius 3 is 2.90 bits per heavy atom. The van der Waals surface area contributed by atoms with Gasteiger partial charge in [-0.1, -0.05) is 19.1 Å². The number of aryl methyl sites for hydroxylation is 1. The molecule has 0 aliphatic heterocycles. The Morgan fingerprint density at radius 1 is 1.35 bits per heavy atom. The van der Waals surface area contributed by atoms with Crippen LogP contribution in [0.3, 0.4) is 0 Å². The van der Waals surface area contributed by atoms with E-state index in [2.05, 4.69) is 5.32 Å². The van der Waals surface area contributed by atoms with E-state index in [0.29, 0.717) is 42.3 Å². The summed E-state index contributed by atoms with van der Waals surface area (Å²) in [6.07, 6.45) is 2.19. The number of nitrogens with one attached hydrogen (secondary N) is 1. The van der Waals surface area contributed by atoms with Gasteiger partial charge in [-0.25, -0.2) is 0 Å². The van der Waals surface area contributed by atoms with E-state index in [-0.39, 0.29) is 5.91 Å². The summed E-state index contributed by atoms with van der Waals surface area (Å²) < 4.78 is 10.8. The number of hydrogen-bond donors (Lipinski definition) is 2. The largest absolute Gasteiger partial charge is 0.490 e. The lowest BCUT2D eigenvalue weighted by Crippen LogP contribution is -2.15. The van der Waals surface area contributed by atoms with Gasteiger partial charge in [-0.05, 0) is 18.2 Å². The predicted octanol–water partition coefficient (Wildman–Crippen LogP) is 2.43. The van der Waals surface area contributed by atoms with Crippen LogP contribution in [-0.2, 0) is 6.42 Å². The van der Waals surface area contributed by atoms with Crippen molar-refractivity contribution in [2.75, 3.05) is 18.5 Å². The van der Waals surface area contributed by atoms with Crippen LogP contribution in [0.25, 0.3) is 0 Å². The summed E-state index contributed by atoms with van der Waals surface area (Å²) >= 11 is 0. The third-order valence-corrected chi connectivity index (χ3v) is 2.82. The number of para-hydroxylation sites is 2. The van der Waals surface area contributed by atoms with Gasteiger partial charge >= 0.3 is 0 Å². The number of carbonyl (C=O) groups excluding carboxylic acids is 1. The lowest BCUT2D eigenvalue weighted by molar-refractivity contribution is 0.102. The minimum atomic E-state index is -0.209. The van der Waals surface area contributed by atoms with Crippen LogP contribution in [0.1, 0.15) is 23.0 Å². The zero-order valence-corrected chi connectivity index (χ0v) is 11.4. The quantitative estimate of drug-likeness (QED) is 0.848. The van der Waals surface area contributed by atoms with Crippen LogP contribution in [0.4, 0.5) is 5.69 Å². The third-order valence-electron chi connectivity index (χ3n) is 2.82. The highest BCUT2D eigenvalue weighted by Gasteiger charge is 2.15. The van der Waals surface area contributed by atoms with Crippen LogP contribution < -0.4 is 15.8 Å². The van der Waals surface area contributed by atoms with E-state index >= 15 is 0 Å². The van der Waals surface area contributed by atoms with Gasteiger partial charge in [0.25, 0.3) is 5.91 Å². The Hall–Kier alpha value is -2.27. The first-order valence-corrected chi connectivity index (χ1v) is 6.56. The molecule has 0 atom stereocenters. The molecule has 0 bridgehead atoms. The van der Waals surface area contributed by atoms with Gasteiger partial charge in [0, 0.05) is 13.0 Å². The van der Waals surface area contributed by atoms with Crippen LogP contribution in [0.15, 0.2) is 41.0 Å². The molecule has 0 saturated heterocycles. The highest BCUT2D eigenvalue weighted by atomic mass is 16.5. The number of furan rings is 1. The minimum Gasteiger partial charge on any atom is -0.490 e. The predicted molar refractivity (Wildman–Crippen MR) is 77.0 cm³/mol. The van der Waals surface area contributed by atoms with E-state index in [1.54, 1.807) is 18.2 Å². The average molecular weight is 274 g/mol. The molecule has 0 aliphatic carbocycles. The molecule has 0 radical (unpaired) electrons. The third kappa shape index (κ3) is 3.19. The zero-order chi connectivity index (χ0) is 14.4. The molecule has 0 unspecified atom stereocenters. The lowest BCUT2D eigenvalue weighted by Gasteiger charge is -2.11. The number of rotatable bonds is 6. The van der Waals surface area contributed by atoms with Crippen molar-refractivity contribution in [2.45, 2.75) is 13.3 Å². The fraction of sp³-hybridized carbons (Fsp3) is 0.267. The summed E-state index contributed by atoms with van der Waals surface area (Å²) in [6.45, 7) is 2.76. The maximum absolute atomic E-state index is 12.2. The molecule has 5 nitrogen and oxygen atoms in total. The van der Waals surface area contributed by atoms with Crippen LogP contribution in [0.2, 0.25) is 0 Å². The van der Waals surface area contributed by atoms with Crippen molar-refractivity contribution in [3.63, 3.8) is 0 Å². The van der Waals surface area contributed by atoms with Gasteiger partial charge < -0.3 is 20.2 Å². The second-order valence-corrected chi connectivity index (χ2v) is 4.20. The average Bonchev–Trinajstić information content (AvgIpc) is 2.95. The van der Waals surface area contributed by atoms with Crippen molar-refractivity contribution in [3.8, 4) is 5.75 Å². The van der Waals surface area contributed by atoms with Crippen molar-refractivity contribution >= 4 is 11.6 Å². The molecule has 1 aromatic carbocycles. The maximum Gasteiger partial charge on any atom is 0.259 e. The summed E-state index contributed by atoms with van der Waals surface area (Å²) in [7, 11) is 0. The minimum absolute atomic E-state index is 0.209. The van der Waals surface area contributed by atoms with Crippen LogP contribution >= 0.6 is 0 Å². The number of amides is 1. The molecule has 0 spiro atoms. The number of anilines is 1. The molecule has 0 aliphatic rings. The fourth-order valence-corrected chi connectivity index (χ4v) is 1.87. The Labute approximate surface area is 117 Å². The monoisotopic (exact) mass is 274 g/mol. The lowest BCUT2D eigenvalue weighted by atomic mass is 10.2. The van der Waals surface area contributed by atoms with Crippen LogP contribution in [0.5, 0.6) is 5.75 Å². The van der Waals surface area contributed by atoms with Gasteiger partial charge in [-0.2, -0.15) is 0 Å². The van der Waals surface area contributed by atoms with Crippen molar-refractivity contribution in [3.05, 3.63) is 47.9 Å². The Bertz CT molecular complexity index is 578. The molecule has 1 heterocycles. The Kier molecular flexibility index (Phi) is 4.79. The molecule has 5 heteroatoms. The standard InChI is InChI=1S/C15H18N2O3/c1-2-13-11(7-9-19-13)15(18)17-12-5-3-4-6-14(12)20-10-8-16/h3-7,9H,2,8,10,16H2,1H3,(H,17,18). The molecule has 0 saturated carbocycles. The molecule has 106 valence electrons. The fourth-order valence-electron chi connectivity index (χ4n) is 1.87. The number of hydrogen-bond acceptors (Lipinski definition) is 4. The first-order valence-electron chi connectivity index (χ1n) is 6.56. The molecular weight excluding hydrogens is 256 g/mol. The number of benzene rings is 1. The molecule has 1 amide bonds. The molecule has 20 heavy (non-hydrogen) atoms. The second-order valence-electron chi connectivity index (χ2n) is 4.20. The van der Waals surface area contributed by atoms with Gasteiger partial charge in [-0.3, -0.25) is 4.79 Å². The van der Waals surface area contributed by atoms with E-state index in [0.717, 1.165) is 0 Å². The topological polar surface area (TPSA) is 77.5 Å². The van der Waals surface area contributed by atoms with Gasteiger partial charge in [0.15, 0.2) is 0 Å². The summed E-state index contributed by atoms with van der Waals surface area (Å²) in [5.74, 6) is 1.06. The first kappa shape index (κ1) is 14.1. The van der Waals surface area contributed by atoms with Crippen molar-refractivity contribution in [1.82, 2.24) is 0 Å². The van der Waals surface area contributed by atoms with Crippen molar-refractivity contribution in [2.24, 2.45) is 5.73 Å². The van der Waals surface area contributed by atoms with E-state index in [4.69, 9.17) is 14.9 Å². The van der Waals surface area contributed by atoms with Gasteiger partial charge in [0.2, 0.25) is 0 Å². The van der Waals surface area contributed by atoms with Crippen LogP contribution in [-0.4, -0.2) is 19.1 Å². The Morgan fingerprint density at radius 2 is 2.15 bits per heavy atom. The first-order chi connectivity index (χ1) is 9.76. The van der Waals surface area contributed by atoms with Gasteiger partial charge in [-0.15, -0.1) is 0 Å². The van der Waals surface area contributed by atoms with E-state index in [1.807, 2.05) is 19.1 Å². The van der Waals surface area contributed by atoms with E-state index < -0.39 is 0 Å². The molecule has 2 aromatic rings. The molecule has 1 aromatic heterocycles. The number of ether oxygens (including phenoxy) is 1. The summed E-state index contributed by atoms with van der Waals surface area (Å²) in [6, 6.07) is 8.92. The molecule has 2 rings (SSSR count). The zero-order valence-electron chi connectivity index (χ0n) is 11.4. The van der Waals surface area contributed by atoms with Crippen molar-refractivity contribution in [1.29, 1.82) is 0 Å². The number of nitrogens with two attached hydrogens (primary N) is 1. The summed E-state index contributed by atoms with van der Waals surface area (Å²) in [5, 5.41) is 2.83. The van der Waals surface area contributed by atoms with Crippen LogP contribution in [0, 0.1) is 0 Å². The molecule has 0 fully saturated rings. The summed E-state index contributed by atoms with van der Waals surface area (Å²) in [4.78, 5) is 12.2. The van der Waals surface area contributed by atoms with Crippen molar-refractivity contribution < 1.29 is 13.9 Å². The maximum atomic E-state index is 12.2. The highest BCUT2D eigenvalue weighted by Crippen LogP contribution is 2.24. The molecular formula is C15H18N2O3. The Balaban J connectivity index is 2.15.